The zero-order valence-corrected chi connectivity index (χ0v) is 18.6. The van der Waals surface area contributed by atoms with Gasteiger partial charge in [0.05, 0.1) is 16.5 Å². The fraction of sp³-hybridized carbons (Fsp3) is 0.375. The maximum absolute atomic E-state index is 14.3. The molecule has 1 atom stereocenters. The number of nitrogens with zero attached hydrogens (tertiary/aromatic N) is 3. The summed E-state index contributed by atoms with van der Waals surface area (Å²) in [6.45, 7) is 1.34. The highest BCUT2D eigenvalue weighted by atomic mass is 19.4. The molecule has 3 aromatic rings. The summed E-state index contributed by atoms with van der Waals surface area (Å²) in [5, 5.41) is 11.8. The van der Waals surface area contributed by atoms with Gasteiger partial charge in [-0.05, 0) is 31.0 Å². The Labute approximate surface area is 193 Å². The number of aromatic carboxylic acids is 1. The maximum Gasteiger partial charge on any atom is 0.412 e. The van der Waals surface area contributed by atoms with E-state index in [1.54, 1.807) is 7.05 Å². The van der Waals surface area contributed by atoms with Gasteiger partial charge in [0.25, 0.3) is 5.56 Å². The van der Waals surface area contributed by atoms with Crippen molar-refractivity contribution in [2.45, 2.75) is 37.9 Å². The molecule has 2 heterocycles. The van der Waals surface area contributed by atoms with Crippen LogP contribution in [-0.4, -0.2) is 39.9 Å². The van der Waals surface area contributed by atoms with Crippen LogP contribution in [0.4, 0.5) is 24.8 Å². The highest BCUT2D eigenvalue weighted by molar-refractivity contribution is 5.94. The van der Waals surface area contributed by atoms with Gasteiger partial charge in [0.2, 0.25) is 5.95 Å². The lowest BCUT2D eigenvalue weighted by Crippen LogP contribution is -2.33. The van der Waals surface area contributed by atoms with Crippen LogP contribution in [0.5, 0.6) is 0 Å². The van der Waals surface area contributed by atoms with E-state index >= 15 is 0 Å². The summed E-state index contributed by atoms with van der Waals surface area (Å²) in [5.74, 6) is -1.02. The maximum atomic E-state index is 14.3. The van der Waals surface area contributed by atoms with Crippen molar-refractivity contribution < 1.29 is 23.1 Å². The predicted octanol–water partition coefficient (Wildman–Crippen LogP) is 4.73. The van der Waals surface area contributed by atoms with Crippen molar-refractivity contribution in [1.82, 2.24) is 9.55 Å². The Kier molecular flexibility index (Phi) is 6.49. The second-order valence-electron chi connectivity index (χ2n) is 8.39. The van der Waals surface area contributed by atoms with Gasteiger partial charge in [0, 0.05) is 31.4 Å². The average Bonchev–Trinajstić information content (AvgIpc) is 3.08. The van der Waals surface area contributed by atoms with E-state index in [9.17, 15) is 27.9 Å². The molecule has 2 aromatic carbocycles. The van der Waals surface area contributed by atoms with E-state index in [0.29, 0.717) is 19.0 Å². The van der Waals surface area contributed by atoms with Crippen LogP contribution in [0.25, 0.3) is 10.9 Å². The SMILES string of the molecule is Cn1c(N2CCCCCC2)nc2c(C(Nc3ccccc3C(=O)O)C(F)(F)F)cccc2c1=O. The summed E-state index contributed by atoms with van der Waals surface area (Å²) >= 11 is 0. The number of aromatic nitrogens is 2. The van der Waals surface area contributed by atoms with Crippen molar-refractivity contribution in [3.05, 3.63) is 63.9 Å². The number of alkyl halides is 3. The molecule has 2 N–H and O–H groups in total. The molecule has 0 saturated carbocycles. The zero-order valence-electron chi connectivity index (χ0n) is 18.6. The lowest BCUT2D eigenvalue weighted by molar-refractivity contribution is -0.143. The van der Waals surface area contributed by atoms with E-state index in [2.05, 4.69) is 10.3 Å². The van der Waals surface area contributed by atoms with Crippen LogP contribution in [0.2, 0.25) is 0 Å². The third kappa shape index (κ3) is 4.57. The molecule has 1 aliphatic rings. The minimum atomic E-state index is -4.79. The quantitative estimate of drug-likeness (QED) is 0.556. The molecule has 1 saturated heterocycles. The molecule has 7 nitrogen and oxygen atoms in total. The Morgan fingerprint density at radius 1 is 1.06 bits per heavy atom. The average molecular weight is 474 g/mol. The van der Waals surface area contributed by atoms with Crippen molar-refractivity contribution in [3.63, 3.8) is 0 Å². The molecule has 0 amide bonds. The van der Waals surface area contributed by atoms with Crippen LogP contribution < -0.4 is 15.8 Å². The van der Waals surface area contributed by atoms with Gasteiger partial charge in [0.15, 0.2) is 6.04 Å². The van der Waals surface area contributed by atoms with Crippen molar-refractivity contribution >= 4 is 28.5 Å². The molecule has 0 aliphatic carbocycles. The normalized spacial score (nSPS) is 15.7. The lowest BCUT2D eigenvalue weighted by Gasteiger charge is -2.27. The molecular weight excluding hydrogens is 449 g/mol. The van der Waals surface area contributed by atoms with Gasteiger partial charge in [-0.15, -0.1) is 0 Å². The van der Waals surface area contributed by atoms with Gasteiger partial charge in [-0.3, -0.25) is 9.36 Å². The van der Waals surface area contributed by atoms with Crippen LogP contribution in [0.1, 0.15) is 47.6 Å². The third-order valence-corrected chi connectivity index (χ3v) is 6.10. The van der Waals surface area contributed by atoms with E-state index in [0.717, 1.165) is 25.7 Å². The number of hydrogen-bond acceptors (Lipinski definition) is 5. The van der Waals surface area contributed by atoms with Crippen molar-refractivity contribution in [3.8, 4) is 0 Å². The zero-order chi connectivity index (χ0) is 24.5. The molecule has 1 aromatic heterocycles. The van der Waals surface area contributed by atoms with Crippen LogP contribution in [0.15, 0.2) is 47.3 Å². The summed E-state index contributed by atoms with van der Waals surface area (Å²) in [6, 6.07) is 7.25. The largest absolute Gasteiger partial charge is 0.478 e. The Morgan fingerprint density at radius 3 is 2.38 bits per heavy atom. The first-order valence-electron chi connectivity index (χ1n) is 11.1. The van der Waals surface area contributed by atoms with Crippen LogP contribution in [0, 0.1) is 0 Å². The van der Waals surface area contributed by atoms with E-state index < -0.39 is 23.7 Å². The monoisotopic (exact) mass is 474 g/mol. The van der Waals surface area contributed by atoms with Gasteiger partial charge >= 0.3 is 12.1 Å². The number of fused-ring (bicyclic) bond motifs is 1. The topological polar surface area (TPSA) is 87.5 Å². The third-order valence-electron chi connectivity index (χ3n) is 6.10. The molecule has 4 rings (SSSR count). The van der Waals surface area contributed by atoms with Gasteiger partial charge in [-0.2, -0.15) is 13.2 Å². The van der Waals surface area contributed by atoms with Crippen molar-refractivity contribution in [2.75, 3.05) is 23.3 Å². The molecule has 1 unspecified atom stereocenters. The minimum absolute atomic E-state index is 0.0486. The molecule has 10 heteroatoms. The van der Waals surface area contributed by atoms with Crippen LogP contribution in [0.3, 0.4) is 0 Å². The number of nitrogens with one attached hydrogen (secondary N) is 1. The van der Waals surface area contributed by atoms with E-state index in [4.69, 9.17) is 0 Å². The number of carboxylic acids is 1. The van der Waals surface area contributed by atoms with E-state index in [-0.39, 0.29) is 27.7 Å². The van der Waals surface area contributed by atoms with Crippen LogP contribution >= 0.6 is 0 Å². The lowest BCUT2D eigenvalue weighted by atomic mass is 10.0. The fourth-order valence-electron chi connectivity index (χ4n) is 4.38. The second-order valence-corrected chi connectivity index (χ2v) is 8.39. The number of rotatable bonds is 5. The Balaban J connectivity index is 1.89. The minimum Gasteiger partial charge on any atom is -0.478 e. The fourth-order valence-corrected chi connectivity index (χ4v) is 4.38. The molecule has 180 valence electrons. The van der Waals surface area contributed by atoms with Crippen LogP contribution in [-0.2, 0) is 7.05 Å². The summed E-state index contributed by atoms with van der Waals surface area (Å²) in [5.41, 5.74) is -1.18. The van der Waals surface area contributed by atoms with Gasteiger partial charge in [0.1, 0.15) is 0 Å². The number of anilines is 2. The summed E-state index contributed by atoms with van der Waals surface area (Å²) in [4.78, 5) is 31.2. The van der Waals surface area contributed by atoms with E-state index in [1.165, 1.54) is 47.0 Å². The molecule has 1 fully saturated rings. The van der Waals surface area contributed by atoms with Gasteiger partial charge < -0.3 is 15.3 Å². The first-order valence-corrected chi connectivity index (χ1v) is 11.1. The molecule has 34 heavy (non-hydrogen) atoms. The predicted molar refractivity (Wildman–Crippen MR) is 123 cm³/mol. The number of benzene rings is 2. The first-order chi connectivity index (χ1) is 16.2. The number of carboxylic acid groups (broad SMARTS) is 1. The molecule has 0 spiro atoms. The second kappa shape index (κ2) is 9.36. The van der Waals surface area contributed by atoms with Gasteiger partial charge in [-0.1, -0.05) is 37.1 Å². The highest BCUT2D eigenvalue weighted by Crippen LogP contribution is 2.39. The highest BCUT2D eigenvalue weighted by Gasteiger charge is 2.42. The number of hydrogen-bond donors (Lipinski definition) is 2. The first kappa shape index (κ1) is 23.6. The molecule has 0 bridgehead atoms. The standard InChI is InChI=1S/C24H25F3N4O3/c1-30-21(32)17-11-8-10-16(19(17)29-23(30)31-13-6-2-3-7-14-31)20(24(25,26)27)28-18-12-5-4-9-15(18)22(33)34/h4-5,8-12,20,28H,2-3,6-7,13-14H2,1H3,(H,33,34). The summed E-state index contributed by atoms with van der Waals surface area (Å²) in [6.07, 6.45) is -0.868. The van der Waals surface area contributed by atoms with Gasteiger partial charge in [-0.25, -0.2) is 9.78 Å². The molecule has 0 radical (unpaired) electrons. The summed E-state index contributed by atoms with van der Waals surface area (Å²) < 4.78 is 44.3. The smallest absolute Gasteiger partial charge is 0.412 e. The summed E-state index contributed by atoms with van der Waals surface area (Å²) in [7, 11) is 1.57. The molecule has 1 aliphatic heterocycles. The number of para-hydroxylation sites is 2. The Bertz CT molecular complexity index is 1260. The Hall–Kier alpha value is -3.56. The molecular formula is C24H25F3N4O3. The number of halogens is 3. The van der Waals surface area contributed by atoms with E-state index in [1.807, 2.05) is 4.90 Å². The Morgan fingerprint density at radius 2 is 1.74 bits per heavy atom. The van der Waals surface area contributed by atoms with Crippen molar-refractivity contribution in [1.29, 1.82) is 0 Å². The van der Waals surface area contributed by atoms with Crippen molar-refractivity contribution in [2.24, 2.45) is 7.05 Å². The number of carbonyl (C=O) groups is 1.